The van der Waals surface area contributed by atoms with Crippen LogP contribution >= 0.6 is 0 Å². The molecule has 0 saturated carbocycles. The van der Waals surface area contributed by atoms with Crippen LogP contribution < -0.4 is 10.6 Å². The molecular weight excluding hydrogens is 226 g/mol. The van der Waals surface area contributed by atoms with Gasteiger partial charge in [-0.3, -0.25) is 4.79 Å². The molecule has 1 amide bonds. The molecule has 1 aromatic rings. The number of hydrogen-bond acceptors (Lipinski definition) is 3. The highest BCUT2D eigenvalue weighted by Crippen LogP contribution is 2.14. The molecule has 0 bridgehead atoms. The standard InChI is InChI=1S/C14H23N3O/c1-4-9-15-13-8-6-5-7-12(13)14(18)16-10-11-17(2)3/h5-8,15H,4,9-11H2,1-3H3,(H,16,18). The van der Waals surface area contributed by atoms with Gasteiger partial charge in [0.25, 0.3) is 5.91 Å². The number of likely N-dealkylation sites (N-methyl/N-ethyl adjacent to an activating group) is 1. The van der Waals surface area contributed by atoms with Crippen LogP contribution in [-0.2, 0) is 0 Å². The third-order valence-electron chi connectivity index (χ3n) is 2.58. The normalized spacial score (nSPS) is 10.4. The lowest BCUT2D eigenvalue weighted by Gasteiger charge is -2.13. The second-order valence-electron chi connectivity index (χ2n) is 4.53. The van der Waals surface area contributed by atoms with Gasteiger partial charge < -0.3 is 15.5 Å². The molecule has 0 aliphatic rings. The topological polar surface area (TPSA) is 44.4 Å². The summed E-state index contributed by atoms with van der Waals surface area (Å²) in [6.07, 6.45) is 1.04. The van der Waals surface area contributed by atoms with E-state index in [0.29, 0.717) is 12.1 Å². The zero-order chi connectivity index (χ0) is 13.4. The van der Waals surface area contributed by atoms with Crippen LogP contribution in [0.15, 0.2) is 24.3 Å². The number of carbonyl (C=O) groups is 1. The maximum atomic E-state index is 12.0. The van der Waals surface area contributed by atoms with Gasteiger partial charge in [0, 0.05) is 25.3 Å². The Labute approximate surface area is 109 Å². The van der Waals surface area contributed by atoms with Crippen molar-refractivity contribution in [3.8, 4) is 0 Å². The molecular formula is C14H23N3O. The van der Waals surface area contributed by atoms with Gasteiger partial charge in [0.1, 0.15) is 0 Å². The molecule has 0 atom stereocenters. The Hall–Kier alpha value is -1.55. The zero-order valence-electron chi connectivity index (χ0n) is 11.5. The average Bonchev–Trinajstić information content (AvgIpc) is 2.36. The van der Waals surface area contributed by atoms with E-state index in [4.69, 9.17) is 0 Å². The van der Waals surface area contributed by atoms with Crippen molar-refractivity contribution < 1.29 is 4.79 Å². The van der Waals surface area contributed by atoms with E-state index in [1.807, 2.05) is 43.3 Å². The summed E-state index contributed by atoms with van der Waals surface area (Å²) in [5.41, 5.74) is 1.62. The second-order valence-corrected chi connectivity index (χ2v) is 4.53. The Morgan fingerprint density at radius 1 is 1.22 bits per heavy atom. The lowest BCUT2D eigenvalue weighted by atomic mass is 10.1. The minimum Gasteiger partial charge on any atom is -0.384 e. The van der Waals surface area contributed by atoms with Crippen molar-refractivity contribution in [3.05, 3.63) is 29.8 Å². The van der Waals surface area contributed by atoms with Crippen molar-refractivity contribution >= 4 is 11.6 Å². The van der Waals surface area contributed by atoms with E-state index in [9.17, 15) is 4.79 Å². The van der Waals surface area contributed by atoms with Gasteiger partial charge in [0.2, 0.25) is 0 Å². The maximum absolute atomic E-state index is 12.0. The molecule has 18 heavy (non-hydrogen) atoms. The van der Waals surface area contributed by atoms with Crippen LogP contribution in [0.1, 0.15) is 23.7 Å². The van der Waals surface area contributed by atoms with Gasteiger partial charge >= 0.3 is 0 Å². The van der Waals surface area contributed by atoms with Gasteiger partial charge in [-0.15, -0.1) is 0 Å². The van der Waals surface area contributed by atoms with Crippen molar-refractivity contribution in [2.45, 2.75) is 13.3 Å². The van der Waals surface area contributed by atoms with Crippen molar-refractivity contribution in [3.63, 3.8) is 0 Å². The maximum Gasteiger partial charge on any atom is 0.253 e. The predicted octanol–water partition coefficient (Wildman–Crippen LogP) is 1.80. The first kappa shape index (κ1) is 14.5. The Morgan fingerprint density at radius 2 is 1.94 bits per heavy atom. The molecule has 1 aromatic carbocycles. The number of anilines is 1. The van der Waals surface area contributed by atoms with Crippen LogP contribution in [-0.4, -0.2) is 44.5 Å². The van der Waals surface area contributed by atoms with Gasteiger partial charge in [0.15, 0.2) is 0 Å². The molecule has 0 aliphatic heterocycles. The number of benzene rings is 1. The van der Waals surface area contributed by atoms with Crippen molar-refractivity contribution in [2.75, 3.05) is 39.0 Å². The van der Waals surface area contributed by atoms with Gasteiger partial charge in [-0.1, -0.05) is 19.1 Å². The summed E-state index contributed by atoms with van der Waals surface area (Å²) in [7, 11) is 3.98. The molecule has 0 saturated heterocycles. The number of nitrogens with zero attached hydrogens (tertiary/aromatic N) is 1. The molecule has 0 spiro atoms. The number of amides is 1. The molecule has 0 aliphatic carbocycles. The van der Waals surface area contributed by atoms with Crippen LogP contribution in [0.2, 0.25) is 0 Å². The van der Waals surface area contributed by atoms with Crippen molar-refractivity contribution in [1.29, 1.82) is 0 Å². The smallest absolute Gasteiger partial charge is 0.253 e. The Kier molecular flexibility index (Phi) is 6.22. The SMILES string of the molecule is CCCNc1ccccc1C(=O)NCCN(C)C. The van der Waals surface area contributed by atoms with Crippen molar-refractivity contribution in [1.82, 2.24) is 10.2 Å². The van der Waals surface area contributed by atoms with Crippen LogP contribution in [0, 0.1) is 0 Å². The van der Waals surface area contributed by atoms with E-state index in [0.717, 1.165) is 25.2 Å². The largest absolute Gasteiger partial charge is 0.384 e. The quantitative estimate of drug-likeness (QED) is 0.774. The lowest BCUT2D eigenvalue weighted by molar-refractivity contribution is 0.0952. The van der Waals surface area contributed by atoms with Crippen molar-refractivity contribution in [2.24, 2.45) is 0 Å². The monoisotopic (exact) mass is 249 g/mol. The fourth-order valence-electron chi connectivity index (χ4n) is 1.58. The zero-order valence-corrected chi connectivity index (χ0v) is 11.5. The average molecular weight is 249 g/mol. The highest BCUT2D eigenvalue weighted by molar-refractivity contribution is 5.99. The number of para-hydroxylation sites is 1. The van der Waals surface area contributed by atoms with E-state index >= 15 is 0 Å². The molecule has 4 nitrogen and oxygen atoms in total. The number of nitrogens with one attached hydrogen (secondary N) is 2. The van der Waals surface area contributed by atoms with Crippen LogP contribution in [0.4, 0.5) is 5.69 Å². The van der Waals surface area contributed by atoms with E-state index in [1.54, 1.807) is 0 Å². The summed E-state index contributed by atoms with van der Waals surface area (Å²) in [5, 5.41) is 6.20. The van der Waals surface area contributed by atoms with Crippen LogP contribution in [0.3, 0.4) is 0 Å². The van der Waals surface area contributed by atoms with E-state index in [2.05, 4.69) is 17.6 Å². The molecule has 2 N–H and O–H groups in total. The van der Waals surface area contributed by atoms with Crippen LogP contribution in [0.5, 0.6) is 0 Å². The highest BCUT2D eigenvalue weighted by atomic mass is 16.1. The first-order valence-corrected chi connectivity index (χ1v) is 6.41. The Bertz CT molecular complexity index is 377. The molecule has 0 fully saturated rings. The summed E-state index contributed by atoms with van der Waals surface area (Å²) < 4.78 is 0. The molecule has 100 valence electrons. The first-order valence-electron chi connectivity index (χ1n) is 6.41. The van der Waals surface area contributed by atoms with E-state index in [1.165, 1.54) is 0 Å². The number of rotatable bonds is 7. The molecule has 0 aromatic heterocycles. The summed E-state index contributed by atoms with van der Waals surface area (Å²) in [6, 6.07) is 7.62. The predicted molar refractivity (Wildman–Crippen MR) is 76.1 cm³/mol. The molecule has 0 radical (unpaired) electrons. The van der Waals surface area contributed by atoms with E-state index in [-0.39, 0.29) is 5.91 Å². The second kappa shape index (κ2) is 7.71. The molecule has 1 rings (SSSR count). The van der Waals surface area contributed by atoms with Gasteiger partial charge in [-0.2, -0.15) is 0 Å². The fourth-order valence-corrected chi connectivity index (χ4v) is 1.58. The molecule has 0 heterocycles. The van der Waals surface area contributed by atoms with Gasteiger partial charge in [-0.25, -0.2) is 0 Å². The Balaban J connectivity index is 2.60. The fraction of sp³-hybridized carbons (Fsp3) is 0.500. The summed E-state index contributed by atoms with van der Waals surface area (Å²) in [5.74, 6) is -0.0175. The highest BCUT2D eigenvalue weighted by Gasteiger charge is 2.09. The third-order valence-corrected chi connectivity index (χ3v) is 2.58. The van der Waals surface area contributed by atoms with Crippen LogP contribution in [0.25, 0.3) is 0 Å². The summed E-state index contributed by atoms with van der Waals surface area (Å²) in [4.78, 5) is 14.1. The minimum absolute atomic E-state index is 0.0175. The minimum atomic E-state index is -0.0175. The van der Waals surface area contributed by atoms with Gasteiger partial charge in [-0.05, 0) is 32.6 Å². The molecule has 0 unspecified atom stereocenters. The third kappa shape index (κ3) is 4.75. The lowest BCUT2D eigenvalue weighted by Crippen LogP contribution is -2.31. The Morgan fingerprint density at radius 3 is 2.61 bits per heavy atom. The summed E-state index contributed by atoms with van der Waals surface area (Å²) >= 11 is 0. The van der Waals surface area contributed by atoms with E-state index < -0.39 is 0 Å². The number of carbonyl (C=O) groups excluding carboxylic acids is 1. The first-order chi connectivity index (χ1) is 8.65. The summed E-state index contributed by atoms with van der Waals surface area (Å²) in [6.45, 7) is 4.49. The van der Waals surface area contributed by atoms with Gasteiger partial charge in [0.05, 0.1) is 5.56 Å². The molecule has 4 heteroatoms. The number of hydrogen-bond donors (Lipinski definition) is 2.